The molecule has 1 aliphatic rings. The molecule has 0 radical (unpaired) electrons. The summed E-state index contributed by atoms with van der Waals surface area (Å²) in [6.07, 6.45) is 7.98. The first kappa shape index (κ1) is 17.9. The van der Waals surface area contributed by atoms with E-state index in [9.17, 15) is 14.7 Å². The molecule has 1 aliphatic heterocycles. The summed E-state index contributed by atoms with van der Waals surface area (Å²) >= 11 is 0. The van der Waals surface area contributed by atoms with E-state index >= 15 is 0 Å². The standard InChI is InChI=1S/C16H27NO4/c1-2-3-4-5-6-7-12(19)8-9-13-15(20)14(10-11-18)17-16(13)21/h9,12,14,18-19H,2-8,10-11H2,1H3,(H,17,21). The van der Waals surface area contributed by atoms with Gasteiger partial charge in [-0.3, -0.25) is 9.59 Å². The van der Waals surface area contributed by atoms with E-state index in [-0.39, 0.29) is 24.4 Å². The molecular formula is C16H27NO4. The largest absolute Gasteiger partial charge is 0.396 e. The number of carbonyl (C=O) groups excluding carboxylic acids is 2. The van der Waals surface area contributed by atoms with Crippen molar-refractivity contribution in [3.05, 3.63) is 11.6 Å². The normalized spacial score (nSPS) is 21.9. The Morgan fingerprint density at radius 1 is 1.24 bits per heavy atom. The molecule has 0 aromatic rings. The third kappa shape index (κ3) is 5.98. The summed E-state index contributed by atoms with van der Waals surface area (Å²) in [5.41, 5.74) is 0.124. The molecule has 3 N–H and O–H groups in total. The topological polar surface area (TPSA) is 86.6 Å². The number of Topliss-reactive ketones (excluding diaryl/α,β-unsaturated/α-hetero) is 1. The highest BCUT2D eigenvalue weighted by Crippen LogP contribution is 2.16. The van der Waals surface area contributed by atoms with E-state index in [1.165, 1.54) is 25.3 Å². The number of aliphatic hydroxyl groups is 2. The number of amides is 1. The van der Waals surface area contributed by atoms with Gasteiger partial charge in [0, 0.05) is 6.61 Å². The fraction of sp³-hybridized carbons (Fsp3) is 0.750. The molecule has 120 valence electrons. The van der Waals surface area contributed by atoms with Crippen molar-refractivity contribution < 1.29 is 19.8 Å². The molecule has 1 rings (SSSR count). The Hall–Kier alpha value is -1.20. The van der Waals surface area contributed by atoms with Crippen molar-refractivity contribution in [1.29, 1.82) is 0 Å². The van der Waals surface area contributed by atoms with Crippen LogP contribution in [0.1, 0.15) is 58.3 Å². The molecule has 1 heterocycles. The number of hydrogen-bond donors (Lipinski definition) is 3. The Morgan fingerprint density at radius 3 is 2.62 bits per heavy atom. The molecule has 0 aromatic carbocycles. The Balaban J connectivity index is 2.34. The number of nitrogens with one attached hydrogen (secondary N) is 1. The number of aliphatic hydroxyl groups excluding tert-OH is 2. The van der Waals surface area contributed by atoms with Gasteiger partial charge in [-0.15, -0.1) is 0 Å². The van der Waals surface area contributed by atoms with Gasteiger partial charge in [-0.05, 0) is 19.3 Å². The Labute approximate surface area is 126 Å². The SMILES string of the molecule is CCCCCCCC(O)CC=C1C(=O)NC(CCO)C1=O. The van der Waals surface area contributed by atoms with Crippen LogP contribution in [0.2, 0.25) is 0 Å². The molecule has 0 bridgehead atoms. The molecule has 0 aromatic heterocycles. The molecule has 1 amide bonds. The minimum absolute atomic E-state index is 0.124. The molecule has 5 nitrogen and oxygen atoms in total. The van der Waals surface area contributed by atoms with Crippen molar-refractivity contribution >= 4 is 11.7 Å². The zero-order valence-electron chi connectivity index (χ0n) is 12.8. The van der Waals surface area contributed by atoms with Crippen LogP contribution in [0.5, 0.6) is 0 Å². The smallest absolute Gasteiger partial charge is 0.255 e. The second kappa shape index (κ2) is 9.68. The summed E-state index contributed by atoms with van der Waals surface area (Å²) in [4.78, 5) is 23.6. The van der Waals surface area contributed by atoms with Gasteiger partial charge in [0.2, 0.25) is 0 Å². The lowest BCUT2D eigenvalue weighted by molar-refractivity contribution is -0.117. The summed E-state index contributed by atoms with van der Waals surface area (Å²) in [5, 5.41) is 21.3. The van der Waals surface area contributed by atoms with Gasteiger partial charge >= 0.3 is 0 Å². The van der Waals surface area contributed by atoms with E-state index in [1.54, 1.807) is 0 Å². The van der Waals surface area contributed by atoms with E-state index in [1.807, 2.05) is 0 Å². The van der Waals surface area contributed by atoms with Crippen LogP contribution in [0, 0.1) is 0 Å². The first-order valence-electron chi connectivity index (χ1n) is 7.94. The third-order valence-corrected chi connectivity index (χ3v) is 3.78. The van der Waals surface area contributed by atoms with E-state index in [4.69, 9.17) is 5.11 Å². The second-order valence-electron chi connectivity index (χ2n) is 5.61. The lowest BCUT2D eigenvalue weighted by Gasteiger charge is -2.07. The van der Waals surface area contributed by atoms with Crippen LogP contribution >= 0.6 is 0 Å². The maximum absolute atomic E-state index is 11.9. The van der Waals surface area contributed by atoms with Gasteiger partial charge in [0.25, 0.3) is 5.91 Å². The summed E-state index contributed by atoms with van der Waals surface area (Å²) < 4.78 is 0. The van der Waals surface area contributed by atoms with Crippen LogP contribution < -0.4 is 5.32 Å². The monoisotopic (exact) mass is 297 g/mol. The quantitative estimate of drug-likeness (QED) is 0.324. The van der Waals surface area contributed by atoms with Crippen LogP contribution in [-0.2, 0) is 9.59 Å². The molecular weight excluding hydrogens is 270 g/mol. The highest BCUT2D eigenvalue weighted by molar-refractivity contribution is 6.26. The molecule has 2 atom stereocenters. The van der Waals surface area contributed by atoms with Crippen molar-refractivity contribution in [2.45, 2.75) is 70.4 Å². The van der Waals surface area contributed by atoms with Crippen LogP contribution in [0.15, 0.2) is 11.6 Å². The Kier molecular flexibility index (Phi) is 8.23. The molecule has 0 aliphatic carbocycles. The molecule has 1 fully saturated rings. The van der Waals surface area contributed by atoms with Gasteiger partial charge in [-0.25, -0.2) is 0 Å². The first-order valence-corrected chi connectivity index (χ1v) is 7.94. The van der Waals surface area contributed by atoms with Crippen molar-refractivity contribution in [2.24, 2.45) is 0 Å². The van der Waals surface area contributed by atoms with Crippen molar-refractivity contribution in [1.82, 2.24) is 5.32 Å². The number of ketones is 1. The molecule has 5 heteroatoms. The van der Waals surface area contributed by atoms with E-state index < -0.39 is 18.1 Å². The average molecular weight is 297 g/mol. The zero-order valence-corrected chi connectivity index (χ0v) is 12.8. The number of carbonyl (C=O) groups is 2. The minimum Gasteiger partial charge on any atom is -0.396 e. The van der Waals surface area contributed by atoms with Gasteiger partial charge in [0.15, 0.2) is 5.78 Å². The maximum atomic E-state index is 11.9. The Bertz CT molecular complexity index is 378. The van der Waals surface area contributed by atoms with Crippen LogP contribution in [0.3, 0.4) is 0 Å². The fourth-order valence-electron chi connectivity index (χ4n) is 2.48. The van der Waals surface area contributed by atoms with Gasteiger partial charge < -0.3 is 15.5 Å². The number of unbranched alkanes of at least 4 members (excludes halogenated alkanes) is 4. The van der Waals surface area contributed by atoms with Gasteiger partial charge in [0.1, 0.15) is 0 Å². The number of rotatable bonds is 10. The lowest BCUT2D eigenvalue weighted by Crippen LogP contribution is -2.29. The van der Waals surface area contributed by atoms with Crippen molar-refractivity contribution in [2.75, 3.05) is 6.61 Å². The van der Waals surface area contributed by atoms with Crippen molar-refractivity contribution in [3.8, 4) is 0 Å². The average Bonchev–Trinajstić information content (AvgIpc) is 2.72. The lowest BCUT2D eigenvalue weighted by atomic mass is 10.0. The van der Waals surface area contributed by atoms with E-state index in [0.29, 0.717) is 12.8 Å². The van der Waals surface area contributed by atoms with Crippen LogP contribution in [0.4, 0.5) is 0 Å². The zero-order chi connectivity index (χ0) is 15.7. The number of hydrogen-bond acceptors (Lipinski definition) is 4. The van der Waals surface area contributed by atoms with E-state index in [2.05, 4.69) is 12.2 Å². The summed E-state index contributed by atoms with van der Waals surface area (Å²) in [6.45, 7) is 2.03. The molecule has 2 unspecified atom stereocenters. The first-order chi connectivity index (χ1) is 10.1. The maximum Gasteiger partial charge on any atom is 0.255 e. The highest BCUT2D eigenvalue weighted by atomic mass is 16.3. The molecule has 0 spiro atoms. The van der Waals surface area contributed by atoms with Crippen LogP contribution in [0.25, 0.3) is 0 Å². The molecule has 0 saturated carbocycles. The highest BCUT2D eigenvalue weighted by Gasteiger charge is 2.34. The summed E-state index contributed by atoms with van der Waals surface area (Å²) in [5.74, 6) is -0.669. The molecule has 1 saturated heterocycles. The second-order valence-corrected chi connectivity index (χ2v) is 5.61. The predicted molar refractivity (Wildman–Crippen MR) is 80.7 cm³/mol. The summed E-state index contributed by atoms with van der Waals surface area (Å²) in [7, 11) is 0. The Morgan fingerprint density at radius 2 is 1.95 bits per heavy atom. The summed E-state index contributed by atoms with van der Waals surface area (Å²) in [6, 6.07) is -0.611. The van der Waals surface area contributed by atoms with Crippen LogP contribution in [-0.4, -0.2) is 40.7 Å². The fourth-order valence-corrected chi connectivity index (χ4v) is 2.48. The van der Waals surface area contributed by atoms with E-state index in [0.717, 1.165) is 12.8 Å². The van der Waals surface area contributed by atoms with Gasteiger partial charge in [-0.2, -0.15) is 0 Å². The third-order valence-electron chi connectivity index (χ3n) is 3.78. The van der Waals surface area contributed by atoms with Gasteiger partial charge in [-0.1, -0.05) is 45.1 Å². The minimum atomic E-state index is -0.611. The van der Waals surface area contributed by atoms with Gasteiger partial charge in [0.05, 0.1) is 17.7 Å². The predicted octanol–water partition coefficient (Wildman–Crippen LogP) is 1.47. The van der Waals surface area contributed by atoms with Crippen molar-refractivity contribution in [3.63, 3.8) is 0 Å². The molecule has 21 heavy (non-hydrogen) atoms.